The molecule has 0 amide bonds. The summed E-state index contributed by atoms with van der Waals surface area (Å²) in [6.45, 7) is 6.02. The number of aliphatic hydroxyl groups excluding tert-OH is 1. The van der Waals surface area contributed by atoms with E-state index in [1.807, 2.05) is 6.92 Å². The number of carbonyl (C=O) groups is 1. The Balaban J connectivity index is 3.46. The second-order valence-electron chi connectivity index (χ2n) is 3.55. The Hall–Kier alpha value is -0.570. The molecule has 0 fully saturated rings. The first kappa shape index (κ1) is 12.4. The highest BCUT2D eigenvalue weighted by Gasteiger charge is 2.11. The van der Waals surface area contributed by atoms with Crippen LogP contribution in [0.4, 0.5) is 0 Å². The van der Waals surface area contributed by atoms with Crippen molar-refractivity contribution in [2.45, 2.75) is 46.1 Å². The van der Waals surface area contributed by atoms with Crippen LogP contribution < -0.4 is 0 Å². The average Bonchev–Trinajstić information content (AvgIpc) is 2.10. The number of hydrogen-bond acceptors (Lipinski definition) is 3. The number of carbonyl (C=O) groups excluding carboxylic acids is 1. The SMILES string of the molecule is CCCCC(C)COC(=O)C(C)O. The third-order valence-electron chi connectivity index (χ3n) is 1.90. The van der Waals surface area contributed by atoms with Crippen molar-refractivity contribution in [2.75, 3.05) is 6.61 Å². The van der Waals surface area contributed by atoms with Gasteiger partial charge in [-0.05, 0) is 19.3 Å². The Labute approximate surface area is 80.1 Å². The first-order valence-corrected chi connectivity index (χ1v) is 4.92. The summed E-state index contributed by atoms with van der Waals surface area (Å²) < 4.78 is 4.87. The fraction of sp³-hybridized carbons (Fsp3) is 0.900. The number of aliphatic hydroxyl groups is 1. The molecule has 0 aromatic heterocycles. The molecule has 0 saturated heterocycles. The molecule has 2 atom stereocenters. The summed E-state index contributed by atoms with van der Waals surface area (Å²) in [6.07, 6.45) is 2.39. The predicted molar refractivity (Wildman–Crippen MR) is 51.3 cm³/mol. The van der Waals surface area contributed by atoms with Crippen molar-refractivity contribution in [3.63, 3.8) is 0 Å². The van der Waals surface area contributed by atoms with Crippen LogP contribution in [0.1, 0.15) is 40.0 Å². The summed E-state index contributed by atoms with van der Waals surface area (Å²) in [5, 5.41) is 8.84. The van der Waals surface area contributed by atoms with Crippen LogP contribution in [0.15, 0.2) is 0 Å². The van der Waals surface area contributed by atoms with E-state index < -0.39 is 12.1 Å². The molecule has 0 heterocycles. The van der Waals surface area contributed by atoms with Gasteiger partial charge in [-0.3, -0.25) is 0 Å². The summed E-state index contributed by atoms with van der Waals surface area (Å²) in [6, 6.07) is 0. The fourth-order valence-corrected chi connectivity index (χ4v) is 0.981. The zero-order chi connectivity index (χ0) is 10.3. The van der Waals surface area contributed by atoms with E-state index >= 15 is 0 Å². The molecule has 3 nitrogen and oxygen atoms in total. The lowest BCUT2D eigenvalue weighted by atomic mass is 10.1. The lowest BCUT2D eigenvalue weighted by molar-refractivity contribution is -0.153. The Morgan fingerprint density at radius 3 is 2.54 bits per heavy atom. The number of rotatable bonds is 6. The van der Waals surface area contributed by atoms with Gasteiger partial charge in [0.25, 0.3) is 0 Å². The van der Waals surface area contributed by atoms with Crippen LogP contribution in [0, 0.1) is 5.92 Å². The Morgan fingerprint density at radius 1 is 1.46 bits per heavy atom. The summed E-state index contributed by atoms with van der Waals surface area (Å²) in [7, 11) is 0. The standard InChI is InChI=1S/C10H20O3/c1-4-5-6-8(2)7-13-10(12)9(3)11/h8-9,11H,4-7H2,1-3H3. The summed E-state index contributed by atoms with van der Waals surface area (Å²) in [4.78, 5) is 10.8. The van der Waals surface area contributed by atoms with Crippen molar-refractivity contribution in [3.8, 4) is 0 Å². The number of esters is 1. The van der Waals surface area contributed by atoms with Gasteiger partial charge in [0.05, 0.1) is 6.61 Å². The molecule has 0 bridgehead atoms. The monoisotopic (exact) mass is 188 g/mol. The largest absolute Gasteiger partial charge is 0.463 e. The van der Waals surface area contributed by atoms with E-state index in [0.29, 0.717) is 12.5 Å². The van der Waals surface area contributed by atoms with E-state index in [1.165, 1.54) is 6.92 Å². The van der Waals surface area contributed by atoms with Crippen molar-refractivity contribution in [1.29, 1.82) is 0 Å². The van der Waals surface area contributed by atoms with Crippen molar-refractivity contribution in [1.82, 2.24) is 0 Å². The maximum Gasteiger partial charge on any atom is 0.334 e. The molecular formula is C10H20O3. The van der Waals surface area contributed by atoms with Crippen LogP contribution in [0.2, 0.25) is 0 Å². The predicted octanol–water partition coefficient (Wildman–Crippen LogP) is 1.74. The van der Waals surface area contributed by atoms with Crippen LogP contribution in [0.25, 0.3) is 0 Å². The zero-order valence-electron chi connectivity index (χ0n) is 8.75. The molecule has 0 aromatic rings. The maximum atomic E-state index is 10.8. The Kier molecular flexibility index (Phi) is 6.59. The molecule has 13 heavy (non-hydrogen) atoms. The van der Waals surface area contributed by atoms with Gasteiger partial charge < -0.3 is 9.84 Å². The van der Waals surface area contributed by atoms with Crippen molar-refractivity contribution < 1.29 is 14.6 Å². The van der Waals surface area contributed by atoms with E-state index in [2.05, 4.69) is 6.92 Å². The Bertz CT molecular complexity index is 143. The second kappa shape index (κ2) is 6.89. The van der Waals surface area contributed by atoms with Gasteiger partial charge in [0, 0.05) is 0 Å². The molecular weight excluding hydrogens is 168 g/mol. The van der Waals surface area contributed by atoms with Gasteiger partial charge in [0.2, 0.25) is 0 Å². The second-order valence-corrected chi connectivity index (χ2v) is 3.55. The third-order valence-corrected chi connectivity index (χ3v) is 1.90. The molecule has 78 valence electrons. The molecule has 0 saturated carbocycles. The Morgan fingerprint density at radius 2 is 2.08 bits per heavy atom. The lowest BCUT2D eigenvalue weighted by Crippen LogP contribution is -2.21. The molecule has 0 aliphatic heterocycles. The van der Waals surface area contributed by atoms with E-state index in [-0.39, 0.29) is 0 Å². The first-order chi connectivity index (χ1) is 6.07. The molecule has 1 N–H and O–H groups in total. The highest BCUT2D eigenvalue weighted by atomic mass is 16.5. The minimum Gasteiger partial charge on any atom is -0.463 e. The molecule has 0 spiro atoms. The molecule has 0 rings (SSSR count). The van der Waals surface area contributed by atoms with Crippen molar-refractivity contribution >= 4 is 5.97 Å². The highest BCUT2D eigenvalue weighted by molar-refractivity contribution is 5.73. The lowest BCUT2D eigenvalue weighted by Gasteiger charge is -2.12. The van der Waals surface area contributed by atoms with Crippen molar-refractivity contribution in [3.05, 3.63) is 0 Å². The van der Waals surface area contributed by atoms with Gasteiger partial charge in [-0.15, -0.1) is 0 Å². The van der Waals surface area contributed by atoms with Crippen molar-refractivity contribution in [2.24, 2.45) is 5.92 Å². The normalized spacial score (nSPS) is 15.1. The minimum absolute atomic E-state index is 0.391. The van der Waals surface area contributed by atoms with Gasteiger partial charge in [0.1, 0.15) is 6.10 Å². The molecule has 0 aromatic carbocycles. The summed E-state index contributed by atoms with van der Waals surface area (Å²) >= 11 is 0. The van der Waals surface area contributed by atoms with Crippen LogP contribution in [0.5, 0.6) is 0 Å². The summed E-state index contributed by atoms with van der Waals surface area (Å²) in [5.41, 5.74) is 0. The van der Waals surface area contributed by atoms with Gasteiger partial charge in [-0.1, -0.05) is 26.7 Å². The average molecular weight is 188 g/mol. The van der Waals surface area contributed by atoms with E-state index in [4.69, 9.17) is 9.84 Å². The smallest absolute Gasteiger partial charge is 0.334 e. The number of ether oxygens (including phenoxy) is 1. The van der Waals surface area contributed by atoms with Crippen LogP contribution >= 0.6 is 0 Å². The maximum absolute atomic E-state index is 10.8. The molecule has 0 aliphatic carbocycles. The van der Waals surface area contributed by atoms with E-state index in [1.54, 1.807) is 0 Å². The van der Waals surface area contributed by atoms with Gasteiger partial charge >= 0.3 is 5.97 Å². The summed E-state index contributed by atoms with van der Waals surface area (Å²) in [5.74, 6) is -0.133. The first-order valence-electron chi connectivity index (χ1n) is 4.92. The van der Waals surface area contributed by atoms with Gasteiger partial charge in [-0.2, -0.15) is 0 Å². The third kappa shape index (κ3) is 6.58. The zero-order valence-corrected chi connectivity index (χ0v) is 8.75. The number of unbranched alkanes of at least 4 members (excludes halogenated alkanes) is 1. The molecule has 3 heteroatoms. The quantitative estimate of drug-likeness (QED) is 0.646. The van der Waals surface area contributed by atoms with Crippen LogP contribution in [0.3, 0.4) is 0 Å². The van der Waals surface area contributed by atoms with E-state index in [0.717, 1.165) is 19.3 Å². The van der Waals surface area contributed by atoms with E-state index in [9.17, 15) is 4.79 Å². The number of hydrogen-bond donors (Lipinski definition) is 1. The highest BCUT2D eigenvalue weighted by Crippen LogP contribution is 2.08. The molecule has 0 radical (unpaired) electrons. The van der Waals surface area contributed by atoms with Gasteiger partial charge in [-0.25, -0.2) is 4.79 Å². The fourth-order valence-electron chi connectivity index (χ4n) is 0.981. The minimum atomic E-state index is -1.00. The topological polar surface area (TPSA) is 46.5 Å². The molecule has 2 unspecified atom stereocenters. The van der Waals surface area contributed by atoms with Gasteiger partial charge in [0.15, 0.2) is 0 Å². The molecule has 0 aliphatic rings. The van der Waals surface area contributed by atoms with Crippen LogP contribution in [-0.4, -0.2) is 23.8 Å². The van der Waals surface area contributed by atoms with Crippen LogP contribution in [-0.2, 0) is 9.53 Å².